The van der Waals surface area contributed by atoms with Crippen LogP contribution in [0.15, 0.2) is 60.7 Å². The van der Waals surface area contributed by atoms with Gasteiger partial charge in [-0.15, -0.1) is 0 Å². The average molecular weight is 689 g/mol. The molecule has 1 N–H and O–H groups in total. The van der Waals surface area contributed by atoms with Crippen molar-refractivity contribution in [3.63, 3.8) is 0 Å². The van der Waals surface area contributed by atoms with E-state index in [0.29, 0.717) is 6.61 Å². The van der Waals surface area contributed by atoms with Gasteiger partial charge in [-0.1, -0.05) is 137 Å². The summed E-state index contributed by atoms with van der Waals surface area (Å²) in [7, 11) is -5.47. The Bertz CT molecular complexity index is 1140. The molecule has 8 heteroatoms. The standard InChI is InChI=1S/C38H68O5Si3/c1-29(27-39)34(42-44(13,14)36(3,4)5)30(2)35(43-45(15,16)37(6,7)8)33(40-12)28-41-46(38(9,10)11,31-23-19-17-20-24-31)32-25-21-18-22-26-32/h17-26,29-30,33-35,39H,27-28H2,1-16H3/t29-,30+,33-,34-,35-/m0/s1. The number of ether oxygens (including phenoxy) is 1. The summed E-state index contributed by atoms with van der Waals surface area (Å²) < 4.78 is 28.4. The normalized spacial score (nSPS) is 17.3. The van der Waals surface area contributed by atoms with Crippen molar-refractivity contribution in [1.29, 1.82) is 0 Å². The van der Waals surface area contributed by atoms with E-state index in [4.69, 9.17) is 18.0 Å². The molecule has 262 valence electrons. The van der Waals surface area contributed by atoms with Crippen LogP contribution in [0.25, 0.3) is 0 Å². The van der Waals surface area contributed by atoms with Gasteiger partial charge in [0.25, 0.3) is 8.32 Å². The van der Waals surface area contributed by atoms with Gasteiger partial charge in [0.2, 0.25) is 0 Å². The molecule has 2 aromatic carbocycles. The van der Waals surface area contributed by atoms with Gasteiger partial charge in [-0.05, 0) is 51.7 Å². The minimum absolute atomic E-state index is 0.000489. The Kier molecular flexibility index (Phi) is 13.9. The van der Waals surface area contributed by atoms with Crippen LogP contribution < -0.4 is 10.4 Å². The van der Waals surface area contributed by atoms with Crippen LogP contribution in [0.1, 0.15) is 76.2 Å². The quantitative estimate of drug-likeness (QED) is 0.190. The van der Waals surface area contributed by atoms with Crippen molar-refractivity contribution in [3.8, 4) is 0 Å². The Balaban J connectivity index is 2.72. The van der Waals surface area contributed by atoms with Crippen LogP contribution in [0, 0.1) is 11.8 Å². The highest BCUT2D eigenvalue weighted by Gasteiger charge is 2.52. The fraction of sp³-hybridized carbons (Fsp3) is 0.684. The van der Waals surface area contributed by atoms with E-state index < -0.39 is 25.0 Å². The SMILES string of the molecule is CO[C@@H](CO[Si](c1ccccc1)(c1ccccc1)C(C)(C)C)[C@@H](O[Si](C)(C)C(C)(C)C)[C@H](C)[C@@H](O[Si](C)(C)C(C)(C)C)[C@@H](C)CO. The molecule has 0 unspecified atom stereocenters. The molecule has 0 saturated carbocycles. The minimum atomic E-state index is -2.81. The lowest BCUT2D eigenvalue weighted by Gasteiger charge is -2.49. The first-order valence-electron chi connectivity index (χ1n) is 17.2. The van der Waals surface area contributed by atoms with Crippen molar-refractivity contribution in [2.75, 3.05) is 20.3 Å². The van der Waals surface area contributed by atoms with Crippen LogP contribution in [-0.4, -0.2) is 68.7 Å². The van der Waals surface area contributed by atoms with Gasteiger partial charge >= 0.3 is 0 Å². The summed E-state index contributed by atoms with van der Waals surface area (Å²) in [5, 5.41) is 12.9. The molecule has 0 heterocycles. The van der Waals surface area contributed by atoms with E-state index >= 15 is 0 Å². The zero-order chi connectivity index (χ0) is 35.4. The molecule has 46 heavy (non-hydrogen) atoms. The van der Waals surface area contributed by atoms with Crippen LogP contribution in [0.3, 0.4) is 0 Å². The Morgan fingerprint density at radius 3 is 1.35 bits per heavy atom. The van der Waals surface area contributed by atoms with E-state index in [1.165, 1.54) is 10.4 Å². The predicted octanol–water partition coefficient (Wildman–Crippen LogP) is 8.62. The molecular formula is C38H68O5Si3. The van der Waals surface area contributed by atoms with Crippen molar-refractivity contribution >= 4 is 35.3 Å². The molecule has 0 aliphatic carbocycles. The fourth-order valence-corrected chi connectivity index (χ4v) is 13.3. The van der Waals surface area contributed by atoms with Crippen molar-refractivity contribution in [2.45, 2.75) is 136 Å². The largest absolute Gasteiger partial charge is 0.413 e. The third-order valence-corrected chi connectivity index (χ3v) is 24.9. The van der Waals surface area contributed by atoms with Crippen LogP contribution in [0.2, 0.25) is 41.3 Å². The summed E-state index contributed by atoms with van der Waals surface area (Å²) in [6, 6.07) is 21.5. The van der Waals surface area contributed by atoms with E-state index in [1.807, 2.05) is 0 Å². The molecule has 0 fully saturated rings. The summed E-state index contributed by atoms with van der Waals surface area (Å²) in [5.41, 5.74) is 0. The summed E-state index contributed by atoms with van der Waals surface area (Å²) in [4.78, 5) is 0. The Hall–Kier alpha value is -1.11. The molecule has 2 aromatic rings. The number of aliphatic hydroxyl groups is 1. The lowest BCUT2D eigenvalue weighted by atomic mass is 9.87. The molecule has 0 aliphatic rings. The van der Waals surface area contributed by atoms with Crippen LogP contribution in [0.5, 0.6) is 0 Å². The Morgan fingerprint density at radius 2 is 1.02 bits per heavy atom. The monoisotopic (exact) mass is 688 g/mol. The van der Waals surface area contributed by atoms with Gasteiger partial charge in [0.15, 0.2) is 16.6 Å². The number of aliphatic hydroxyl groups excluding tert-OH is 1. The molecule has 0 saturated heterocycles. The molecular weight excluding hydrogens is 621 g/mol. The Morgan fingerprint density at radius 1 is 0.630 bits per heavy atom. The van der Waals surface area contributed by atoms with Gasteiger partial charge < -0.3 is 23.1 Å². The van der Waals surface area contributed by atoms with Gasteiger partial charge in [-0.2, -0.15) is 0 Å². The molecule has 0 amide bonds. The second-order valence-electron chi connectivity index (χ2n) is 17.5. The molecule has 5 nitrogen and oxygen atoms in total. The number of benzene rings is 2. The van der Waals surface area contributed by atoms with Gasteiger partial charge in [0.1, 0.15) is 6.10 Å². The maximum atomic E-state index is 10.5. The van der Waals surface area contributed by atoms with Crippen LogP contribution in [0.4, 0.5) is 0 Å². The summed E-state index contributed by atoms with van der Waals surface area (Å²) >= 11 is 0. The van der Waals surface area contributed by atoms with Crippen LogP contribution in [-0.2, 0) is 18.0 Å². The van der Waals surface area contributed by atoms with Gasteiger partial charge in [0.05, 0.1) is 18.8 Å². The summed E-state index contributed by atoms with van der Waals surface area (Å²) in [6.45, 7) is 34.5. The smallest absolute Gasteiger partial charge is 0.261 e. The molecule has 0 spiro atoms. The first-order chi connectivity index (χ1) is 21.0. The predicted molar refractivity (Wildman–Crippen MR) is 204 cm³/mol. The lowest BCUT2D eigenvalue weighted by Crippen LogP contribution is -2.67. The molecule has 5 atom stereocenters. The highest BCUT2D eigenvalue weighted by molar-refractivity contribution is 6.99. The molecule has 0 bridgehead atoms. The molecule has 0 aromatic heterocycles. The van der Waals surface area contributed by atoms with Crippen molar-refractivity contribution < 1.29 is 23.1 Å². The van der Waals surface area contributed by atoms with E-state index in [1.54, 1.807) is 7.11 Å². The van der Waals surface area contributed by atoms with E-state index in [-0.39, 0.29) is 51.9 Å². The number of methoxy groups -OCH3 is 1. The maximum absolute atomic E-state index is 10.5. The third kappa shape index (κ3) is 9.31. The summed E-state index contributed by atoms with van der Waals surface area (Å²) in [6.07, 6.45) is -0.846. The Labute approximate surface area is 286 Å². The van der Waals surface area contributed by atoms with Gasteiger partial charge in [-0.3, -0.25) is 0 Å². The molecule has 0 aliphatic heterocycles. The highest BCUT2D eigenvalue weighted by atomic mass is 28.4. The first-order valence-corrected chi connectivity index (χ1v) is 24.9. The highest BCUT2D eigenvalue weighted by Crippen LogP contribution is 2.43. The second-order valence-corrected chi connectivity index (χ2v) is 31.3. The fourth-order valence-electron chi connectivity index (χ4n) is 5.85. The number of rotatable bonds is 15. The van der Waals surface area contributed by atoms with Crippen molar-refractivity contribution in [2.24, 2.45) is 11.8 Å². The maximum Gasteiger partial charge on any atom is 0.261 e. The lowest BCUT2D eigenvalue weighted by molar-refractivity contribution is -0.0856. The van der Waals surface area contributed by atoms with Gasteiger partial charge in [-0.25, -0.2) is 0 Å². The summed E-state index contributed by atoms with van der Waals surface area (Å²) in [5.74, 6) is -0.122. The second kappa shape index (κ2) is 15.6. The van der Waals surface area contributed by atoms with Crippen molar-refractivity contribution in [1.82, 2.24) is 0 Å². The first kappa shape index (κ1) is 41.1. The van der Waals surface area contributed by atoms with Crippen molar-refractivity contribution in [3.05, 3.63) is 60.7 Å². The molecule has 2 rings (SSSR count). The number of hydrogen-bond acceptors (Lipinski definition) is 5. The van der Waals surface area contributed by atoms with E-state index in [9.17, 15) is 5.11 Å². The topological polar surface area (TPSA) is 57.2 Å². The zero-order valence-electron chi connectivity index (χ0n) is 32.2. The molecule has 0 radical (unpaired) electrons. The average Bonchev–Trinajstić information content (AvgIpc) is 2.95. The van der Waals surface area contributed by atoms with E-state index in [0.717, 1.165) is 0 Å². The minimum Gasteiger partial charge on any atom is -0.413 e. The number of hydrogen-bond donors (Lipinski definition) is 1. The zero-order valence-corrected chi connectivity index (χ0v) is 35.2. The van der Waals surface area contributed by atoms with Gasteiger partial charge in [0, 0.05) is 25.6 Å². The van der Waals surface area contributed by atoms with Crippen LogP contribution >= 0.6 is 0 Å². The van der Waals surface area contributed by atoms with E-state index in [2.05, 4.69) is 163 Å². The third-order valence-electron chi connectivity index (χ3n) is 10.9.